The summed E-state index contributed by atoms with van der Waals surface area (Å²) in [6, 6.07) is 15.0. The summed E-state index contributed by atoms with van der Waals surface area (Å²) in [5.74, 6) is -0.663. The number of nitrogens with one attached hydrogen (secondary N) is 1. The summed E-state index contributed by atoms with van der Waals surface area (Å²) in [5.41, 5.74) is -1.09. The van der Waals surface area contributed by atoms with Crippen molar-refractivity contribution in [1.29, 1.82) is 0 Å². The van der Waals surface area contributed by atoms with Gasteiger partial charge in [0.2, 0.25) is 11.8 Å². The van der Waals surface area contributed by atoms with Crippen LogP contribution in [0.1, 0.15) is 38.3 Å². The lowest BCUT2D eigenvalue weighted by molar-refractivity contribution is -0.140. The fourth-order valence-electron chi connectivity index (χ4n) is 4.42. The Bertz CT molecular complexity index is 1550. The number of rotatable bonds is 13. The van der Waals surface area contributed by atoms with E-state index in [2.05, 4.69) is 5.32 Å². The van der Waals surface area contributed by atoms with Gasteiger partial charge in [0, 0.05) is 13.1 Å². The monoisotopic (exact) mass is 653 g/mol. The van der Waals surface area contributed by atoms with Crippen molar-refractivity contribution in [2.45, 2.75) is 50.9 Å². The second-order valence-corrected chi connectivity index (χ2v) is 12.7. The van der Waals surface area contributed by atoms with E-state index >= 15 is 0 Å². The molecule has 0 saturated heterocycles. The molecule has 0 spiro atoms. The number of methoxy groups -OCH3 is 1. The predicted octanol–water partition coefficient (Wildman–Crippen LogP) is 6.14. The highest BCUT2D eigenvalue weighted by Crippen LogP contribution is 2.37. The maximum absolute atomic E-state index is 14.1. The van der Waals surface area contributed by atoms with E-state index in [1.165, 1.54) is 36.3 Å². The first kappa shape index (κ1) is 34.7. The maximum Gasteiger partial charge on any atom is 0.416 e. The van der Waals surface area contributed by atoms with Crippen LogP contribution in [-0.2, 0) is 32.3 Å². The Kier molecular flexibility index (Phi) is 11.7. The number of ether oxygens (including phenoxy) is 1. The van der Waals surface area contributed by atoms with Gasteiger partial charge in [-0.05, 0) is 60.4 Å². The van der Waals surface area contributed by atoms with Crippen LogP contribution in [0.5, 0.6) is 5.75 Å². The number of benzene rings is 3. The Hall–Kier alpha value is -3.77. The minimum Gasteiger partial charge on any atom is -0.497 e. The van der Waals surface area contributed by atoms with E-state index in [0.29, 0.717) is 28.2 Å². The number of carbonyl (C=O) groups is 2. The zero-order valence-electron chi connectivity index (χ0n) is 24.8. The quantitative estimate of drug-likeness (QED) is 0.239. The Balaban J connectivity index is 2.15. The summed E-state index contributed by atoms with van der Waals surface area (Å²) in [7, 11) is -3.14. The molecular weight excluding hydrogens is 619 g/mol. The normalized spacial score (nSPS) is 12.5. The van der Waals surface area contributed by atoms with E-state index in [0.717, 1.165) is 12.1 Å². The molecule has 1 atom stereocenters. The second-order valence-electron chi connectivity index (χ2n) is 10.4. The zero-order valence-corrected chi connectivity index (χ0v) is 26.3. The second kappa shape index (κ2) is 14.8. The average molecular weight is 654 g/mol. The average Bonchev–Trinajstić information content (AvgIpc) is 2.98. The largest absolute Gasteiger partial charge is 0.497 e. The number of sulfonamides is 1. The van der Waals surface area contributed by atoms with E-state index in [-0.39, 0.29) is 28.8 Å². The summed E-state index contributed by atoms with van der Waals surface area (Å²) in [6.45, 7) is 4.81. The van der Waals surface area contributed by atoms with E-state index in [1.54, 1.807) is 37.3 Å². The van der Waals surface area contributed by atoms with E-state index < -0.39 is 51.9 Å². The van der Waals surface area contributed by atoms with Crippen LogP contribution >= 0.6 is 11.6 Å². The molecule has 0 aliphatic carbocycles. The molecule has 0 heterocycles. The summed E-state index contributed by atoms with van der Waals surface area (Å²) in [4.78, 5) is 28.4. The Labute approximate surface area is 260 Å². The van der Waals surface area contributed by atoms with Crippen LogP contribution in [0, 0.1) is 5.92 Å². The Morgan fingerprint density at radius 2 is 1.68 bits per heavy atom. The van der Waals surface area contributed by atoms with Gasteiger partial charge in [0.15, 0.2) is 0 Å². The summed E-state index contributed by atoms with van der Waals surface area (Å²) < 4.78 is 74.8. The Morgan fingerprint density at radius 1 is 1.00 bits per heavy atom. The molecule has 1 N–H and O–H groups in total. The highest BCUT2D eigenvalue weighted by atomic mass is 35.5. The molecule has 3 aromatic rings. The summed E-state index contributed by atoms with van der Waals surface area (Å²) in [5, 5.41) is 2.50. The van der Waals surface area contributed by atoms with Crippen molar-refractivity contribution in [3.05, 3.63) is 88.9 Å². The molecule has 13 heteroatoms. The molecular formula is C31H35ClF3N3O5S. The molecule has 2 amide bonds. The highest BCUT2D eigenvalue weighted by Gasteiger charge is 2.37. The highest BCUT2D eigenvalue weighted by molar-refractivity contribution is 7.92. The zero-order chi connectivity index (χ0) is 32.7. The van der Waals surface area contributed by atoms with Crippen LogP contribution in [0.25, 0.3) is 0 Å². The third-order valence-corrected chi connectivity index (χ3v) is 8.80. The van der Waals surface area contributed by atoms with Gasteiger partial charge < -0.3 is 15.0 Å². The van der Waals surface area contributed by atoms with E-state index in [9.17, 15) is 31.2 Å². The molecule has 44 heavy (non-hydrogen) atoms. The van der Waals surface area contributed by atoms with Crippen molar-refractivity contribution in [2.24, 2.45) is 5.92 Å². The molecule has 0 bridgehead atoms. The molecule has 3 aromatic carbocycles. The number of hydrogen-bond acceptors (Lipinski definition) is 5. The van der Waals surface area contributed by atoms with Gasteiger partial charge in [-0.15, -0.1) is 0 Å². The van der Waals surface area contributed by atoms with Crippen LogP contribution in [-0.4, -0.2) is 51.4 Å². The first-order valence-electron chi connectivity index (χ1n) is 13.8. The van der Waals surface area contributed by atoms with Crippen LogP contribution in [0.4, 0.5) is 18.9 Å². The van der Waals surface area contributed by atoms with E-state index in [4.69, 9.17) is 16.3 Å². The molecule has 8 nitrogen and oxygen atoms in total. The van der Waals surface area contributed by atoms with Crippen molar-refractivity contribution in [3.8, 4) is 5.75 Å². The number of nitrogens with zero attached hydrogens (tertiary/aromatic N) is 2. The summed E-state index contributed by atoms with van der Waals surface area (Å²) >= 11 is 6.30. The van der Waals surface area contributed by atoms with Crippen molar-refractivity contribution < 1.29 is 35.9 Å². The minimum atomic E-state index is -4.81. The number of anilines is 1. The SMILES string of the molecule is CC[C@H](C(=O)NCC(C)C)N(Cc1cccc(OC)c1)C(=O)CN(c1cc(C(F)(F)F)ccc1Cl)S(=O)(=O)c1ccccc1. The molecule has 0 unspecified atom stereocenters. The van der Waals surface area contributed by atoms with Crippen LogP contribution in [0.15, 0.2) is 77.7 Å². The van der Waals surface area contributed by atoms with Crippen LogP contribution in [0.3, 0.4) is 0 Å². The molecule has 0 saturated carbocycles. The van der Waals surface area contributed by atoms with Crippen molar-refractivity contribution in [3.63, 3.8) is 0 Å². The lowest BCUT2D eigenvalue weighted by Gasteiger charge is -2.33. The first-order chi connectivity index (χ1) is 20.7. The number of halogens is 4. The van der Waals surface area contributed by atoms with Crippen LogP contribution < -0.4 is 14.4 Å². The fraction of sp³-hybridized carbons (Fsp3) is 0.355. The molecule has 0 fully saturated rings. The standard InChI is InChI=1S/C31H35ClF3N3O5S/c1-5-27(30(40)36-18-21(2)3)37(19-22-10-9-11-24(16-22)43-4)29(39)20-38(44(41,42)25-12-7-6-8-13-25)28-17-23(31(33,34)35)14-15-26(28)32/h6-17,21,27H,5,18-20H2,1-4H3,(H,36,40)/t27-/m1/s1. The number of amides is 2. The number of carbonyl (C=O) groups excluding carboxylic acids is 2. The van der Waals surface area contributed by atoms with Gasteiger partial charge in [-0.25, -0.2) is 8.42 Å². The van der Waals surface area contributed by atoms with Gasteiger partial charge in [0.25, 0.3) is 10.0 Å². The summed E-state index contributed by atoms with van der Waals surface area (Å²) in [6.07, 6.45) is -4.64. The lowest BCUT2D eigenvalue weighted by Crippen LogP contribution is -2.52. The third-order valence-electron chi connectivity index (χ3n) is 6.71. The molecule has 238 valence electrons. The minimum absolute atomic E-state index is 0.112. The van der Waals surface area contributed by atoms with Crippen molar-refractivity contribution in [2.75, 3.05) is 24.5 Å². The molecule has 0 radical (unpaired) electrons. The van der Waals surface area contributed by atoms with E-state index in [1.807, 2.05) is 13.8 Å². The van der Waals surface area contributed by atoms with Crippen molar-refractivity contribution >= 4 is 39.1 Å². The number of hydrogen-bond donors (Lipinski definition) is 1. The predicted molar refractivity (Wildman–Crippen MR) is 163 cm³/mol. The maximum atomic E-state index is 14.1. The topological polar surface area (TPSA) is 96.0 Å². The fourth-order valence-corrected chi connectivity index (χ4v) is 6.14. The molecule has 0 aliphatic rings. The number of alkyl halides is 3. The first-order valence-corrected chi connectivity index (χ1v) is 15.7. The third kappa shape index (κ3) is 8.66. The molecule has 3 rings (SSSR count). The van der Waals surface area contributed by atoms with Gasteiger partial charge in [-0.2, -0.15) is 13.2 Å². The van der Waals surface area contributed by atoms with Gasteiger partial charge in [0.1, 0.15) is 18.3 Å². The van der Waals surface area contributed by atoms with Gasteiger partial charge in [-0.1, -0.05) is 62.7 Å². The van der Waals surface area contributed by atoms with Crippen LogP contribution in [0.2, 0.25) is 5.02 Å². The van der Waals surface area contributed by atoms with Crippen molar-refractivity contribution in [1.82, 2.24) is 10.2 Å². The Morgan fingerprint density at radius 3 is 2.27 bits per heavy atom. The molecule has 0 aromatic heterocycles. The smallest absolute Gasteiger partial charge is 0.416 e. The van der Waals surface area contributed by atoms with Gasteiger partial charge in [0.05, 0.1) is 28.3 Å². The van der Waals surface area contributed by atoms with Gasteiger partial charge in [-0.3, -0.25) is 13.9 Å². The molecule has 0 aliphatic heterocycles. The van der Waals surface area contributed by atoms with Gasteiger partial charge >= 0.3 is 6.18 Å². The lowest BCUT2D eigenvalue weighted by atomic mass is 10.1.